The van der Waals surface area contributed by atoms with Gasteiger partial charge >= 0.3 is 5.97 Å². The average molecular weight is 244 g/mol. The van der Waals surface area contributed by atoms with Crippen molar-refractivity contribution in [3.8, 4) is 0 Å². The maximum Gasteiger partial charge on any atom is 0.323 e. The lowest BCUT2D eigenvalue weighted by atomic mass is 9.96. The molecule has 0 amide bonds. The Kier molecular flexibility index (Phi) is 7.39. The minimum absolute atomic E-state index is 0.658. The van der Waals surface area contributed by atoms with E-state index in [0.717, 1.165) is 26.1 Å². The molecule has 0 aromatic heterocycles. The molecular weight excluding hydrogens is 216 g/mol. The fourth-order valence-electron chi connectivity index (χ4n) is 1.89. The van der Waals surface area contributed by atoms with Crippen LogP contribution in [0.15, 0.2) is 0 Å². The van der Waals surface area contributed by atoms with E-state index in [9.17, 15) is 4.79 Å². The third-order valence-electron chi connectivity index (χ3n) is 3.25. The van der Waals surface area contributed by atoms with Gasteiger partial charge in [-0.25, -0.2) is 0 Å². The Morgan fingerprint density at radius 1 is 1.47 bits per heavy atom. The van der Waals surface area contributed by atoms with Gasteiger partial charge in [-0.1, -0.05) is 20.8 Å². The summed E-state index contributed by atoms with van der Waals surface area (Å²) in [5.41, 5.74) is -0.794. The van der Waals surface area contributed by atoms with Crippen LogP contribution in [-0.4, -0.2) is 48.2 Å². The van der Waals surface area contributed by atoms with Gasteiger partial charge in [-0.3, -0.25) is 4.79 Å². The molecule has 2 N–H and O–H groups in total. The first kappa shape index (κ1) is 16.4. The first-order valence-electron chi connectivity index (χ1n) is 6.50. The van der Waals surface area contributed by atoms with Crippen LogP contribution in [-0.2, 0) is 4.79 Å². The topological polar surface area (TPSA) is 52.6 Å². The van der Waals surface area contributed by atoms with Crippen LogP contribution >= 0.6 is 0 Å². The number of carboxylic acids is 1. The van der Waals surface area contributed by atoms with Gasteiger partial charge in [0.05, 0.1) is 0 Å². The van der Waals surface area contributed by atoms with E-state index in [0.29, 0.717) is 12.3 Å². The summed E-state index contributed by atoms with van der Waals surface area (Å²) in [6.45, 7) is 11.4. The lowest BCUT2D eigenvalue weighted by molar-refractivity contribution is -0.144. The van der Waals surface area contributed by atoms with Gasteiger partial charge < -0.3 is 15.3 Å². The Bertz CT molecular complexity index is 231. The van der Waals surface area contributed by atoms with Gasteiger partial charge in [-0.05, 0) is 45.8 Å². The molecule has 0 radical (unpaired) electrons. The van der Waals surface area contributed by atoms with Crippen LogP contribution in [0.2, 0.25) is 0 Å². The van der Waals surface area contributed by atoms with Crippen LogP contribution < -0.4 is 5.32 Å². The minimum atomic E-state index is -0.794. The molecule has 0 aromatic carbocycles. The molecule has 4 heteroatoms. The molecule has 1 atom stereocenters. The molecule has 0 bridgehead atoms. The van der Waals surface area contributed by atoms with E-state index in [1.54, 1.807) is 14.0 Å². The summed E-state index contributed by atoms with van der Waals surface area (Å²) in [6.07, 6.45) is 1.57. The number of carboxylic acid groups (broad SMARTS) is 1. The number of hydrogen-bond donors (Lipinski definition) is 2. The quantitative estimate of drug-likeness (QED) is 0.649. The van der Waals surface area contributed by atoms with E-state index in [-0.39, 0.29) is 0 Å². The molecular formula is C13H28N2O2. The fourth-order valence-corrected chi connectivity index (χ4v) is 1.89. The minimum Gasteiger partial charge on any atom is -0.480 e. The normalized spacial score (nSPS) is 15.2. The molecule has 4 nitrogen and oxygen atoms in total. The van der Waals surface area contributed by atoms with Gasteiger partial charge in [0.1, 0.15) is 5.54 Å². The van der Waals surface area contributed by atoms with Gasteiger partial charge in [0, 0.05) is 6.54 Å². The Labute approximate surface area is 105 Å². The zero-order valence-corrected chi connectivity index (χ0v) is 11.9. The van der Waals surface area contributed by atoms with Crippen LogP contribution in [0.4, 0.5) is 0 Å². The average Bonchev–Trinajstić information content (AvgIpc) is 2.26. The second-order valence-corrected chi connectivity index (χ2v) is 5.28. The summed E-state index contributed by atoms with van der Waals surface area (Å²) in [4.78, 5) is 13.5. The van der Waals surface area contributed by atoms with Crippen molar-refractivity contribution in [2.24, 2.45) is 5.92 Å². The molecule has 0 spiro atoms. The molecule has 0 saturated carbocycles. The first-order chi connectivity index (χ1) is 7.85. The highest BCUT2D eigenvalue weighted by Gasteiger charge is 2.30. The molecule has 102 valence electrons. The van der Waals surface area contributed by atoms with Gasteiger partial charge in [0.15, 0.2) is 0 Å². The van der Waals surface area contributed by atoms with Crippen molar-refractivity contribution in [2.45, 2.75) is 46.1 Å². The highest BCUT2D eigenvalue weighted by Crippen LogP contribution is 2.13. The number of aliphatic carboxylic acids is 1. The third-order valence-corrected chi connectivity index (χ3v) is 3.25. The Hall–Kier alpha value is -0.610. The molecule has 0 rings (SSSR count). The predicted octanol–water partition coefficient (Wildman–Crippen LogP) is 1.81. The van der Waals surface area contributed by atoms with Crippen LogP contribution in [0.5, 0.6) is 0 Å². The molecule has 0 aliphatic heterocycles. The van der Waals surface area contributed by atoms with Crippen molar-refractivity contribution in [3.05, 3.63) is 0 Å². The predicted molar refractivity (Wildman–Crippen MR) is 71.3 cm³/mol. The number of hydrogen-bond acceptors (Lipinski definition) is 3. The van der Waals surface area contributed by atoms with E-state index in [1.807, 2.05) is 0 Å². The Morgan fingerprint density at radius 2 is 2.06 bits per heavy atom. The highest BCUT2D eigenvalue weighted by atomic mass is 16.4. The largest absolute Gasteiger partial charge is 0.480 e. The van der Waals surface area contributed by atoms with E-state index >= 15 is 0 Å². The monoisotopic (exact) mass is 244 g/mol. The van der Waals surface area contributed by atoms with Crippen molar-refractivity contribution in [1.82, 2.24) is 10.2 Å². The zero-order chi connectivity index (χ0) is 13.5. The molecule has 0 aliphatic rings. The number of likely N-dealkylation sites (N-methyl/N-ethyl adjacent to an activating group) is 1. The third kappa shape index (κ3) is 6.03. The summed E-state index contributed by atoms with van der Waals surface area (Å²) < 4.78 is 0. The SMILES string of the molecule is CCN(CCCC(C)(NC)C(=O)O)CC(C)C. The number of carbonyl (C=O) groups is 1. The second kappa shape index (κ2) is 7.67. The molecule has 1 unspecified atom stereocenters. The highest BCUT2D eigenvalue weighted by molar-refractivity contribution is 5.78. The van der Waals surface area contributed by atoms with Crippen LogP contribution in [0.3, 0.4) is 0 Å². The van der Waals surface area contributed by atoms with E-state index < -0.39 is 11.5 Å². The maximum absolute atomic E-state index is 11.1. The molecule has 0 heterocycles. The number of nitrogens with one attached hydrogen (secondary N) is 1. The van der Waals surface area contributed by atoms with Crippen molar-refractivity contribution in [1.29, 1.82) is 0 Å². The Balaban J connectivity index is 4.06. The number of nitrogens with zero attached hydrogens (tertiary/aromatic N) is 1. The fraction of sp³-hybridized carbons (Fsp3) is 0.923. The lowest BCUT2D eigenvalue weighted by Gasteiger charge is -2.27. The van der Waals surface area contributed by atoms with Crippen molar-refractivity contribution in [2.75, 3.05) is 26.7 Å². The van der Waals surface area contributed by atoms with E-state index in [1.165, 1.54) is 0 Å². The van der Waals surface area contributed by atoms with Crippen LogP contribution in [0, 0.1) is 5.92 Å². The maximum atomic E-state index is 11.1. The first-order valence-corrected chi connectivity index (χ1v) is 6.50. The van der Waals surface area contributed by atoms with Crippen LogP contribution in [0.25, 0.3) is 0 Å². The molecule has 0 aliphatic carbocycles. The second-order valence-electron chi connectivity index (χ2n) is 5.28. The summed E-state index contributed by atoms with van der Waals surface area (Å²) in [5.74, 6) is -0.114. The van der Waals surface area contributed by atoms with Gasteiger partial charge in [0.2, 0.25) is 0 Å². The molecule has 0 aromatic rings. The summed E-state index contributed by atoms with van der Waals surface area (Å²) in [5, 5.41) is 12.0. The molecule has 17 heavy (non-hydrogen) atoms. The van der Waals surface area contributed by atoms with E-state index in [2.05, 4.69) is 31.0 Å². The summed E-state index contributed by atoms with van der Waals surface area (Å²) in [6, 6.07) is 0. The van der Waals surface area contributed by atoms with Crippen LogP contribution in [0.1, 0.15) is 40.5 Å². The molecule has 0 fully saturated rings. The Morgan fingerprint density at radius 3 is 2.41 bits per heavy atom. The van der Waals surface area contributed by atoms with Crippen molar-refractivity contribution >= 4 is 5.97 Å². The standard InChI is InChI=1S/C13H28N2O2/c1-6-15(10-11(2)3)9-7-8-13(4,14-5)12(16)17/h11,14H,6-10H2,1-5H3,(H,16,17). The number of rotatable bonds is 9. The van der Waals surface area contributed by atoms with E-state index in [4.69, 9.17) is 5.11 Å². The zero-order valence-electron chi connectivity index (χ0n) is 11.9. The van der Waals surface area contributed by atoms with Gasteiger partial charge in [-0.2, -0.15) is 0 Å². The summed E-state index contributed by atoms with van der Waals surface area (Å²) in [7, 11) is 1.71. The lowest BCUT2D eigenvalue weighted by Crippen LogP contribution is -2.48. The smallest absolute Gasteiger partial charge is 0.323 e. The van der Waals surface area contributed by atoms with Crippen molar-refractivity contribution in [3.63, 3.8) is 0 Å². The summed E-state index contributed by atoms with van der Waals surface area (Å²) >= 11 is 0. The van der Waals surface area contributed by atoms with Crippen molar-refractivity contribution < 1.29 is 9.90 Å². The molecule has 0 saturated heterocycles. The van der Waals surface area contributed by atoms with Gasteiger partial charge in [0.25, 0.3) is 0 Å². The van der Waals surface area contributed by atoms with Gasteiger partial charge in [-0.15, -0.1) is 0 Å².